The lowest BCUT2D eigenvalue weighted by Gasteiger charge is -2.05. The van der Waals surface area contributed by atoms with E-state index in [0.717, 1.165) is 36.3 Å². The van der Waals surface area contributed by atoms with Crippen LogP contribution in [0.25, 0.3) is 12.2 Å². The lowest BCUT2D eigenvalue weighted by Crippen LogP contribution is -1.96. The van der Waals surface area contributed by atoms with Crippen LogP contribution in [-0.4, -0.2) is 16.6 Å². The smallest absolute Gasteiger partial charge is 0.138 e. The highest BCUT2D eigenvalue weighted by molar-refractivity contribution is 5.69. The minimum atomic E-state index is 0.746. The highest BCUT2D eigenvalue weighted by atomic mass is 16.5. The van der Waals surface area contributed by atoms with Gasteiger partial charge in [-0.05, 0) is 35.7 Å². The Morgan fingerprint density at radius 3 is 2.63 bits per heavy atom. The zero-order chi connectivity index (χ0) is 13.3. The van der Waals surface area contributed by atoms with Crippen molar-refractivity contribution in [3.05, 3.63) is 54.1 Å². The van der Waals surface area contributed by atoms with Gasteiger partial charge in [0.15, 0.2) is 0 Å². The molecule has 0 saturated carbocycles. The number of unbranched alkanes of at least 4 members (excludes halogenated alkanes) is 1. The Hall–Kier alpha value is -2.16. The van der Waals surface area contributed by atoms with E-state index in [1.807, 2.05) is 36.5 Å². The van der Waals surface area contributed by atoms with E-state index >= 15 is 0 Å². The van der Waals surface area contributed by atoms with E-state index in [9.17, 15) is 0 Å². The zero-order valence-corrected chi connectivity index (χ0v) is 11.1. The van der Waals surface area contributed by atoms with Crippen molar-refractivity contribution < 1.29 is 4.74 Å². The first kappa shape index (κ1) is 13.3. The topological polar surface area (TPSA) is 35.0 Å². The van der Waals surface area contributed by atoms with Gasteiger partial charge in [-0.15, -0.1) is 0 Å². The van der Waals surface area contributed by atoms with Crippen molar-refractivity contribution in [2.24, 2.45) is 0 Å². The van der Waals surface area contributed by atoms with Gasteiger partial charge in [-0.1, -0.05) is 25.5 Å². The first-order valence-electron chi connectivity index (χ1n) is 6.54. The Morgan fingerprint density at radius 2 is 1.84 bits per heavy atom. The Kier molecular flexibility index (Phi) is 5.11. The summed E-state index contributed by atoms with van der Waals surface area (Å²) in [5.41, 5.74) is 2.15. The number of pyridine rings is 2. The Morgan fingerprint density at radius 1 is 1.05 bits per heavy atom. The molecular formula is C16H18N2O. The van der Waals surface area contributed by atoms with Crippen molar-refractivity contribution >= 4 is 12.2 Å². The van der Waals surface area contributed by atoms with Crippen LogP contribution in [0, 0.1) is 0 Å². The second-order valence-corrected chi connectivity index (χ2v) is 4.27. The molecule has 0 amide bonds. The summed E-state index contributed by atoms with van der Waals surface area (Å²) in [5, 5.41) is 0. The molecule has 0 N–H and O–H groups in total. The monoisotopic (exact) mass is 254 g/mol. The maximum Gasteiger partial charge on any atom is 0.138 e. The lowest BCUT2D eigenvalue weighted by molar-refractivity contribution is 0.308. The minimum absolute atomic E-state index is 0.746. The Bertz CT molecular complexity index is 523. The van der Waals surface area contributed by atoms with Crippen LogP contribution < -0.4 is 4.74 Å². The molecule has 0 aliphatic heterocycles. The summed E-state index contributed by atoms with van der Waals surface area (Å²) in [7, 11) is 0. The summed E-state index contributed by atoms with van der Waals surface area (Å²) in [6.07, 6.45) is 13.4. The molecule has 2 heterocycles. The molecule has 0 atom stereocenters. The van der Waals surface area contributed by atoms with E-state index in [1.165, 1.54) is 0 Å². The zero-order valence-electron chi connectivity index (χ0n) is 11.1. The van der Waals surface area contributed by atoms with Crippen molar-refractivity contribution in [2.75, 3.05) is 6.61 Å². The first-order valence-corrected chi connectivity index (χ1v) is 6.54. The van der Waals surface area contributed by atoms with Gasteiger partial charge < -0.3 is 4.74 Å². The molecule has 3 heteroatoms. The summed E-state index contributed by atoms with van der Waals surface area (Å²) < 4.78 is 5.63. The summed E-state index contributed by atoms with van der Waals surface area (Å²) in [6.45, 7) is 2.89. The number of rotatable bonds is 6. The molecule has 19 heavy (non-hydrogen) atoms. The number of aromatic nitrogens is 2. The molecule has 0 radical (unpaired) electrons. The summed E-state index contributed by atoms with van der Waals surface area (Å²) in [5.74, 6) is 0.824. The molecule has 0 spiro atoms. The SMILES string of the molecule is CCCCOc1cncc(C=Cc2ccncc2)c1. The van der Waals surface area contributed by atoms with Crippen LogP contribution in [0.2, 0.25) is 0 Å². The van der Waals surface area contributed by atoms with Crippen molar-refractivity contribution in [2.45, 2.75) is 19.8 Å². The third-order valence-corrected chi connectivity index (χ3v) is 2.68. The van der Waals surface area contributed by atoms with Crippen LogP contribution >= 0.6 is 0 Å². The van der Waals surface area contributed by atoms with Crippen LogP contribution in [0.5, 0.6) is 5.75 Å². The van der Waals surface area contributed by atoms with Crippen molar-refractivity contribution in [1.82, 2.24) is 9.97 Å². The fourth-order valence-electron chi connectivity index (χ4n) is 1.61. The van der Waals surface area contributed by atoms with Crippen LogP contribution in [-0.2, 0) is 0 Å². The van der Waals surface area contributed by atoms with Crippen molar-refractivity contribution in [3.8, 4) is 5.75 Å². The average molecular weight is 254 g/mol. The van der Waals surface area contributed by atoms with Gasteiger partial charge in [-0.3, -0.25) is 9.97 Å². The van der Waals surface area contributed by atoms with Gasteiger partial charge in [0.2, 0.25) is 0 Å². The maximum absolute atomic E-state index is 5.63. The number of ether oxygens (including phenoxy) is 1. The molecule has 0 unspecified atom stereocenters. The largest absolute Gasteiger partial charge is 0.492 e. The summed E-state index contributed by atoms with van der Waals surface area (Å²) in [4.78, 5) is 8.18. The molecule has 0 aromatic carbocycles. The fourth-order valence-corrected chi connectivity index (χ4v) is 1.61. The molecule has 0 bridgehead atoms. The van der Waals surface area contributed by atoms with E-state index in [0.29, 0.717) is 0 Å². The van der Waals surface area contributed by atoms with E-state index in [-0.39, 0.29) is 0 Å². The van der Waals surface area contributed by atoms with E-state index in [2.05, 4.69) is 16.9 Å². The van der Waals surface area contributed by atoms with Crippen LogP contribution in [0.15, 0.2) is 43.0 Å². The highest BCUT2D eigenvalue weighted by Crippen LogP contribution is 2.14. The first-order chi connectivity index (χ1) is 9.38. The second kappa shape index (κ2) is 7.31. The van der Waals surface area contributed by atoms with Crippen LogP contribution in [0.1, 0.15) is 30.9 Å². The van der Waals surface area contributed by atoms with E-state index in [4.69, 9.17) is 4.74 Å². The Labute approximate surface area is 114 Å². The molecule has 98 valence electrons. The molecule has 0 aliphatic carbocycles. The van der Waals surface area contributed by atoms with Crippen molar-refractivity contribution in [3.63, 3.8) is 0 Å². The number of nitrogens with zero attached hydrogens (tertiary/aromatic N) is 2. The fraction of sp³-hybridized carbons (Fsp3) is 0.250. The Balaban J connectivity index is 2.00. The lowest BCUT2D eigenvalue weighted by atomic mass is 10.2. The number of hydrogen-bond acceptors (Lipinski definition) is 3. The predicted octanol–water partition coefficient (Wildman–Crippen LogP) is 3.83. The molecule has 0 saturated heterocycles. The maximum atomic E-state index is 5.63. The van der Waals surface area contributed by atoms with Gasteiger partial charge in [0.1, 0.15) is 5.75 Å². The number of hydrogen-bond donors (Lipinski definition) is 0. The summed E-state index contributed by atoms with van der Waals surface area (Å²) in [6, 6.07) is 5.93. The predicted molar refractivity (Wildman–Crippen MR) is 77.8 cm³/mol. The normalized spacial score (nSPS) is 10.8. The van der Waals surface area contributed by atoms with Gasteiger partial charge in [0.25, 0.3) is 0 Å². The third kappa shape index (κ3) is 4.54. The summed E-state index contributed by atoms with van der Waals surface area (Å²) >= 11 is 0. The van der Waals surface area contributed by atoms with Gasteiger partial charge >= 0.3 is 0 Å². The van der Waals surface area contributed by atoms with Gasteiger partial charge in [-0.25, -0.2) is 0 Å². The van der Waals surface area contributed by atoms with E-state index in [1.54, 1.807) is 18.6 Å². The highest BCUT2D eigenvalue weighted by Gasteiger charge is 1.95. The van der Waals surface area contributed by atoms with Gasteiger partial charge in [0, 0.05) is 18.6 Å². The van der Waals surface area contributed by atoms with Crippen molar-refractivity contribution in [1.29, 1.82) is 0 Å². The average Bonchev–Trinajstić information content (AvgIpc) is 2.47. The second-order valence-electron chi connectivity index (χ2n) is 4.27. The van der Waals surface area contributed by atoms with Gasteiger partial charge in [0.05, 0.1) is 12.8 Å². The van der Waals surface area contributed by atoms with Crippen LogP contribution in [0.3, 0.4) is 0 Å². The molecule has 0 aliphatic rings. The minimum Gasteiger partial charge on any atom is -0.492 e. The molecule has 2 aromatic heterocycles. The molecule has 0 fully saturated rings. The van der Waals surface area contributed by atoms with Gasteiger partial charge in [-0.2, -0.15) is 0 Å². The molecule has 2 aromatic rings. The molecular weight excluding hydrogens is 236 g/mol. The quantitative estimate of drug-likeness (QED) is 0.735. The molecule has 3 nitrogen and oxygen atoms in total. The standard InChI is InChI=1S/C16H18N2O/c1-2-3-10-19-16-11-15(12-18-13-16)5-4-14-6-8-17-9-7-14/h4-9,11-13H,2-3,10H2,1H3. The van der Waals surface area contributed by atoms with Crippen LogP contribution in [0.4, 0.5) is 0 Å². The van der Waals surface area contributed by atoms with E-state index < -0.39 is 0 Å². The third-order valence-electron chi connectivity index (χ3n) is 2.68. The molecule has 2 rings (SSSR count).